The Bertz CT molecular complexity index is 811. The van der Waals surface area contributed by atoms with E-state index in [9.17, 15) is 9.59 Å². The largest absolute Gasteiger partial charge is 0.494 e. The van der Waals surface area contributed by atoms with Crippen LogP contribution < -0.4 is 15.4 Å². The molecule has 2 aromatic carbocycles. The van der Waals surface area contributed by atoms with Gasteiger partial charge in [0.25, 0.3) is 5.91 Å². The second kappa shape index (κ2) is 8.71. The predicted molar refractivity (Wildman–Crippen MR) is 107 cm³/mol. The Kier molecular flexibility index (Phi) is 6.12. The number of unbranched alkanes of at least 4 members (excludes halogenated alkanes) is 1. The molecule has 0 spiro atoms. The monoisotopic (exact) mass is 366 g/mol. The molecule has 142 valence electrons. The number of hydrogen-bond acceptors (Lipinski definition) is 3. The van der Waals surface area contributed by atoms with E-state index in [0.717, 1.165) is 42.7 Å². The summed E-state index contributed by atoms with van der Waals surface area (Å²) in [5.41, 5.74) is 2.97. The van der Waals surface area contributed by atoms with Crippen LogP contribution in [0.1, 0.15) is 48.5 Å². The number of anilines is 2. The number of carbonyl (C=O) groups is 2. The first-order chi connectivity index (χ1) is 13.1. The molecule has 2 N–H and O–H groups in total. The molecule has 1 aliphatic carbocycles. The lowest BCUT2D eigenvalue weighted by atomic mass is 10.1. The Balaban J connectivity index is 1.58. The molecule has 0 atom stereocenters. The van der Waals surface area contributed by atoms with Crippen LogP contribution in [-0.4, -0.2) is 18.4 Å². The van der Waals surface area contributed by atoms with E-state index in [-0.39, 0.29) is 17.7 Å². The summed E-state index contributed by atoms with van der Waals surface area (Å²) in [6.45, 7) is 4.77. The minimum Gasteiger partial charge on any atom is -0.494 e. The van der Waals surface area contributed by atoms with Gasteiger partial charge in [0.05, 0.1) is 6.61 Å². The Morgan fingerprint density at radius 1 is 1.07 bits per heavy atom. The van der Waals surface area contributed by atoms with Gasteiger partial charge in [-0.1, -0.05) is 13.3 Å². The molecule has 3 rings (SSSR count). The standard InChI is InChI=1S/C22H26N2O3/c1-3-4-13-27-19-11-12-20(15(2)14-19)24-22(26)17-7-9-18(10-8-17)23-21(25)16-5-6-16/h7-12,14,16H,3-6,13H2,1-2H3,(H,23,25)(H,24,26). The van der Waals surface area contributed by atoms with Crippen molar-refractivity contribution in [1.29, 1.82) is 0 Å². The highest BCUT2D eigenvalue weighted by Crippen LogP contribution is 2.30. The molecule has 5 nitrogen and oxygen atoms in total. The van der Waals surface area contributed by atoms with Crippen molar-refractivity contribution in [3.8, 4) is 5.75 Å². The molecule has 1 aliphatic rings. The van der Waals surface area contributed by atoms with Crippen LogP contribution in [0.3, 0.4) is 0 Å². The highest BCUT2D eigenvalue weighted by molar-refractivity contribution is 6.05. The van der Waals surface area contributed by atoms with Gasteiger partial charge in [-0.25, -0.2) is 0 Å². The summed E-state index contributed by atoms with van der Waals surface area (Å²) in [4.78, 5) is 24.3. The van der Waals surface area contributed by atoms with E-state index in [4.69, 9.17) is 4.74 Å². The molecule has 0 aromatic heterocycles. The molecule has 2 aromatic rings. The third kappa shape index (κ3) is 5.33. The second-order valence-corrected chi connectivity index (χ2v) is 6.97. The lowest BCUT2D eigenvalue weighted by Crippen LogP contribution is -2.15. The summed E-state index contributed by atoms with van der Waals surface area (Å²) < 4.78 is 5.69. The number of hydrogen-bond donors (Lipinski definition) is 2. The molecule has 1 fully saturated rings. The van der Waals surface area contributed by atoms with E-state index in [1.807, 2.05) is 25.1 Å². The van der Waals surface area contributed by atoms with Gasteiger partial charge in [-0.05, 0) is 74.2 Å². The molecule has 0 aliphatic heterocycles. The maximum Gasteiger partial charge on any atom is 0.255 e. The highest BCUT2D eigenvalue weighted by atomic mass is 16.5. The first kappa shape index (κ1) is 19.0. The number of benzene rings is 2. The maximum absolute atomic E-state index is 12.5. The van der Waals surface area contributed by atoms with Gasteiger partial charge in [0.1, 0.15) is 5.75 Å². The zero-order chi connectivity index (χ0) is 19.2. The van der Waals surface area contributed by atoms with Crippen LogP contribution in [0, 0.1) is 12.8 Å². The zero-order valence-corrected chi connectivity index (χ0v) is 15.9. The van der Waals surface area contributed by atoms with E-state index >= 15 is 0 Å². The highest BCUT2D eigenvalue weighted by Gasteiger charge is 2.29. The number of carbonyl (C=O) groups excluding carboxylic acids is 2. The Hall–Kier alpha value is -2.82. The van der Waals surface area contributed by atoms with Crippen molar-refractivity contribution in [3.63, 3.8) is 0 Å². The van der Waals surface area contributed by atoms with E-state index in [1.165, 1.54) is 0 Å². The summed E-state index contributed by atoms with van der Waals surface area (Å²) >= 11 is 0. The Morgan fingerprint density at radius 2 is 1.81 bits per heavy atom. The van der Waals surface area contributed by atoms with Gasteiger partial charge in [-0.2, -0.15) is 0 Å². The van der Waals surface area contributed by atoms with Crippen molar-refractivity contribution in [1.82, 2.24) is 0 Å². The van der Waals surface area contributed by atoms with Gasteiger partial charge in [0.2, 0.25) is 5.91 Å². The van der Waals surface area contributed by atoms with Crippen molar-refractivity contribution in [2.75, 3.05) is 17.2 Å². The molecule has 0 radical (unpaired) electrons. The summed E-state index contributed by atoms with van der Waals surface area (Å²) in [5.74, 6) is 0.849. The van der Waals surface area contributed by atoms with Crippen molar-refractivity contribution < 1.29 is 14.3 Å². The predicted octanol–water partition coefficient (Wildman–Crippen LogP) is 4.77. The second-order valence-electron chi connectivity index (χ2n) is 6.97. The van der Waals surface area contributed by atoms with E-state index < -0.39 is 0 Å². The zero-order valence-electron chi connectivity index (χ0n) is 15.9. The van der Waals surface area contributed by atoms with Gasteiger partial charge in [-0.3, -0.25) is 9.59 Å². The van der Waals surface area contributed by atoms with E-state index in [1.54, 1.807) is 24.3 Å². The van der Waals surface area contributed by atoms with Gasteiger partial charge in [-0.15, -0.1) is 0 Å². The first-order valence-electron chi connectivity index (χ1n) is 9.52. The molecule has 2 amide bonds. The lowest BCUT2D eigenvalue weighted by Gasteiger charge is -2.12. The molecular formula is C22H26N2O3. The molecule has 27 heavy (non-hydrogen) atoms. The van der Waals surface area contributed by atoms with Crippen LogP contribution in [0.2, 0.25) is 0 Å². The topological polar surface area (TPSA) is 67.4 Å². The van der Waals surface area contributed by atoms with Crippen LogP contribution in [-0.2, 0) is 4.79 Å². The number of amides is 2. The molecule has 0 saturated heterocycles. The molecular weight excluding hydrogens is 340 g/mol. The van der Waals surface area contributed by atoms with Gasteiger partial charge < -0.3 is 15.4 Å². The Labute approximate surface area is 160 Å². The van der Waals surface area contributed by atoms with Crippen LogP contribution in [0.5, 0.6) is 5.75 Å². The quantitative estimate of drug-likeness (QED) is 0.661. The van der Waals surface area contributed by atoms with Crippen LogP contribution >= 0.6 is 0 Å². The van der Waals surface area contributed by atoms with Gasteiger partial charge in [0, 0.05) is 22.9 Å². The van der Waals surface area contributed by atoms with Gasteiger partial charge in [0.15, 0.2) is 0 Å². The average Bonchev–Trinajstić information content (AvgIpc) is 3.50. The first-order valence-corrected chi connectivity index (χ1v) is 9.52. The van der Waals surface area contributed by atoms with Gasteiger partial charge >= 0.3 is 0 Å². The van der Waals surface area contributed by atoms with Crippen LogP contribution in [0.4, 0.5) is 11.4 Å². The summed E-state index contributed by atoms with van der Waals surface area (Å²) in [5, 5.41) is 5.80. The van der Waals surface area contributed by atoms with Crippen molar-refractivity contribution >= 4 is 23.2 Å². The summed E-state index contributed by atoms with van der Waals surface area (Å²) in [6.07, 6.45) is 4.05. The Morgan fingerprint density at radius 3 is 2.44 bits per heavy atom. The fourth-order valence-corrected chi connectivity index (χ4v) is 2.69. The summed E-state index contributed by atoms with van der Waals surface area (Å²) in [6, 6.07) is 12.6. The molecule has 0 bridgehead atoms. The third-order valence-corrected chi connectivity index (χ3v) is 4.58. The van der Waals surface area contributed by atoms with Crippen molar-refractivity contribution in [2.45, 2.75) is 39.5 Å². The number of ether oxygens (including phenoxy) is 1. The molecule has 0 heterocycles. The normalized spacial score (nSPS) is 13.1. The molecule has 0 unspecified atom stereocenters. The SMILES string of the molecule is CCCCOc1ccc(NC(=O)c2ccc(NC(=O)C3CC3)cc2)c(C)c1. The molecule has 5 heteroatoms. The average molecular weight is 366 g/mol. The fraction of sp³-hybridized carbons (Fsp3) is 0.364. The fourth-order valence-electron chi connectivity index (χ4n) is 2.69. The van der Waals surface area contributed by atoms with E-state index in [0.29, 0.717) is 17.9 Å². The third-order valence-electron chi connectivity index (χ3n) is 4.58. The number of rotatable bonds is 8. The van der Waals surface area contributed by atoms with E-state index in [2.05, 4.69) is 17.6 Å². The van der Waals surface area contributed by atoms with Crippen LogP contribution in [0.25, 0.3) is 0 Å². The minimum atomic E-state index is -0.183. The number of nitrogens with one attached hydrogen (secondary N) is 2. The minimum absolute atomic E-state index is 0.0593. The molecule has 1 saturated carbocycles. The van der Waals surface area contributed by atoms with Crippen molar-refractivity contribution in [3.05, 3.63) is 53.6 Å². The smallest absolute Gasteiger partial charge is 0.255 e. The van der Waals surface area contributed by atoms with Crippen LogP contribution in [0.15, 0.2) is 42.5 Å². The maximum atomic E-state index is 12.5. The van der Waals surface area contributed by atoms with Crippen molar-refractivity contribution in [2.24, 2.45) is 5.92 Å². The lowest BCUT2D eigenvalue weighted by molar-refractivity contribution is -0.117. The summed E-state index contributed by atoms with van der Waals surface area (Å²) in [7, 11) is 0. The number of aryl methyl sites for hydroxylation is 1.